The molecule has 1 aromatic heterocycles. The summed E-state index contributed by atoms with van der Waals surface area (Å²) in [5, 5.41) is 1.05. The zero-order valence-electron chi connectivity index (χ0n) is 11.9. The number of esters is 1. The molecule has 3 nitrogen and oxygen atoms in total. The van der Waals surface area contributed by atoms with E-state index in [-0.39, 0.29) is 12.6 Å². The summed E-state index contributed by atoms with van der Waals surface area (Å²) in [4.78, 5) is 16.4. The van der Waals surface area contributed by atoms with Crippen molar-refractivity contribution in [2.75, 3.05) is 0 Å². The highest BCUT2D eigenvalue weighted by atomic mass is 79.9. The Morgan fingerprint density at radius 1 is 1.14 bits per heavy atom. The molecule has 0 unspecified atom stereocenters. The number of benzene rings is 2. The Bertz CT molecular complexity index is 917. The van der Waals surface area contributed by atoms with Gasteiger partial charge in [-0.1, -0.05) is 39.7 Å². The summed E-state index contributed by atoms with van der Waals surface area (Å²) >= 11 is 3.46. The maximum absolute atomic E-state index is 11.9. The van der Waals surface area contributed by atoms with E-state index in [1.807, 2.05) is 36.4 Å². The summed E-state index contributed by atoms with van der Waals surface area (Å²) in [6.45, 7) is 2.34. The molecule has 0 amide bonds. The molecule has 108 valence electrons. The summed E-state index contributed by atoms with van der Waals surface area (Å²) in [7, 11) is 0. The maximum atomic E-state index is 11.9. The van der Waals surface area contributed by atoms with E-state index in [0.29, 0.717) is 5.69 Å². The first-order valence-electron chi connectivity index (χ1n) is 7.00. The first-order valence-corrected chi connectivity index (χ1v) is 7.79. The molecule has 0 N–H and O–H groups in total. The van der Waals surface area contributed by atoms with Gasteiger partial charge in [0.15, 0.2) is 5.69 Å². The predicted octanol–water partition coefficient (Wildman–Crippen LogP) is 4.64. The third kappa shape index (κ3) is 2.03. The average Bonchev–Trinajstić information content (AvgIpc) is 2.87. The Hall–Kier alpha value is -2.20. The van der Waals surface area contributed by atoms with Gasteiger partial charge in [-0.15, -0.1) is 0 Å². The number of nitrogens with zero attached hydrogens (tertiary/aromatic N) is 1. The summed E-state index contributed by atoms with van der Waals surface area (Å²) in [5.41, 5.74) is 5.41. The molecule has 2 heterocycles. The number of cyclic esters (lactones) is 1. The molecule has 0 saturated carbocycles. The van der Waals surface area contributed by atoms with Gasteiger partial charge in [-0.2, -0.15) is 0 Å². The summed E-state index contributed by atoms with van der Waals surface area (Å²) < 4.78 is 6.22. The van der Waals surface area contributed by atoms with Crippen molar-refractivity contribution < 1.29 is 9.53 Å². The molecule has 0 fully saturated rings. The number of carbonyl (C=O) groups is 1. The number of fused-ring (bicyclic) bond motifs is 2. The Kier molecular flexibility index (Phi) is 3.01. The number of rotatable bonds is 1. The molecule has 0 radical (unpaired) electrons. The van der Waals surface area contributed by atoms with Crippen molar-refractivity contribution in [1.29, 1.82) is 0 Å². The van der Waals surface area contributed by atoms with E-state index in [4.69, 9.17) is 4.74 Å². The second kappa shape index (κ2) is 4.92. The number of pyridine rings is 1. The van der Waals surface area contributed by atoms with Crippen LogP contribution < -0.4 is 0 Å². The van der Waals surface area contributed by atoms with Crippen LogP contribution in [-0.2, 0) is 11.3 Å². The molecular formula is C18H12BrNO2. The molecule has 3 aromatic rings. The highest BCUT2D eigenvalue weighted by molar-refractivity contribution is 9.10. The van der Waals surface area contributed by atoms with Gasteiger partial charge in [-0.3, -0.25) is 0 Å². The van der Waals surface area contributed by atoms with Gasteiger partial charge in [0.2, 0.25) is 0 Å². The van der Waals surface area contributed by atoms with Gasteiger partial charge in [-0.05, 0) is 36.8 Å². The predicted molar refractivity (Wildman–Crippen MR) is 88.7 cm³/mol. The van der Waals surface area contributed by atoms with Crippen LogP contribution in [0, 0.1) is 6.92 Å². The fourth-order valence-electron chi connectivity index (χ4n) is 2.88. The number of carbonyl (C=O) groups excluding carboxylic acids is 1. The van der Waals surface area contributed by atoms with Crippen molar-refractivity contribution in [3.63, 3.8) is 0 Å². The van der Waals surface area contributed by atoms with E-state index in [2.05, 4.69) is 33.9 Å². The first kappa shape index (κ1) is 13.5. The van der Waals surface area contributed by atoms with Crippen LogP contribution in [0.25, 0.3) is 22.0 Å². The number of hydrogen-bond donors (Lipinski definition) is 0. The zero-order chi connectivity index (χ0) is 15.3. The van der Waals surface area contributed by atoms with Gasteiger partial charge in [0.25, 0.3) is 0 Å². The minimum atomic E-state index is -0.337. The molecule has 0 aliphatic carbocycles. The molecule has 0 bridgehead atoms. The van der Waals surface area contributed by atoms with Crippen molar-refractivity contribution in [2.45, 2.75) is 13.5 Å². The Morgan fingerprint density at radius 3 is 2.68 bits per heavy atom. The Labute approximate surface area is 136 Å². The lowest BCUT2D eigenvalue weighted by Crippen LogP contribution is -2.00. The number of aryl methyl sites for hydroxylation is 1. The third-order valence-electron chi connectivity index (χ3n) is 3.92. The highest BCUT2D eigenvalue weighted by Crippen LogP contribution is 2.37. The lowest BCUT2D eigenvalue weighted by Gasteiger charge is -2.11. The molecule has 22 heavy (non-hydrogen) atoms. The topological polar surface area (TPSA) is 39.2 Å². The summed E-state index contributed by atoms with van der Waals surface area (Å²) in [6.07, 6.45) is 0. The van der Waals surface area contributed by atoms with Crippen LogP contribution in [0.5, 0.6) is 0 Å². The van der Waals surface area contributed by atoms with Crippen LogP contribution >= 0.6 is 15.9 Å². The first-order chi connectivity index (χ1) is 10.6. The van der Waals surface area contributed by atoms with Crippen LogP contribution in [0.4, 0.5) is 0 Å². The van der Waals surface area contributed by atoms with Gasteiger partial charge in [0.05, 0.1) is 5.52 Å². The average molecular weight is 354 g/mol. The van der Waals surface area contributed by atoms with Crippen molar-refractivity contribution in [1.82, 2.24) is 4.98 Å². The molecule has 0 saturated heterocycles. The van der Waals surface area contributed by atoms with Crippen molar-refractivity contribution in [3.8, 4) is 11.1 Å². The normalized spacial score (nSPS) is 13.3. The highest BCUT2D eigenvalue weighted by Gasteiger charge is 2.28. The largest absolute Gasteiger partial charge is 0.456 e. The van der Waals surface area contributed by atoms with Gasteiger partial charge >= 0.3 is 5.97 Å². The number of ether oxygens (including phenoxy) is 1. The van der Waals surface area contributed by atoms with Gasteiger partial charge in [-0.25, -0.2) is 9.78 Å². The molecule has 4 rings (SSSR count). The van der Waals surface area contributed by atoms with Crippen LogP contribution in [0.3, 0.4) is 0 Å². The van der Waals surface area contributed by atoms with Gasteiger partial charge in [0.1, 0.15) is 6.61 Å². The lowest BCUT2D eigenvalue weighted by atomic mass is 9.94. The second-order valence-corrected chi connectivity index (χ2v) is 6.33. The summed E-state index contributed by atoms with van der Waals surface area (Å²) in [5.74, 6) is -0.337. The number of halogens is 1. The molecule has 2 aromatic carbocycles. The monoisotopic (exact) mass is 353 g/mol. The number of hydrogen-bond acceptors (Lipinski definition) is 3. The van der Waals surface area contributed by atoms with Crippen LogP contribution in [-0.4, -0.2) is 11.0 Å². The van der Waals surface area contributed by atoms with E-state index in [1.54, 1.807) is 0 Å². The standard InChI is InChI=1S/C18H12BrNO2/c1-10-2-7-15-13(8-10)16(11-3-5-12(19)6-4-11)14-9-22-18(21)17(14)20-15/h2-8H,9H2,1H3. The molecule has 0 spiro atoms. The number of aromatic nitrogens is 1. The van der Waals surface area contributed by atoms with Gasteiger partial charge < -0.3 is 4.74 Å². The fraction of sp³-hybridized carbons (Fsp3) is 0.111. The Morgan fingerprint density at radius 2 is 1.91 bits per heavy atom. The maximum Gasteiger partial charge on any atom is 0.357 e. The smallest absolute Gasteiger partial charge is 0.357 e. The minimum absolute atomic E-state index is 0.288. The second-order valence-electron chi connectivity index (χ2n) is 5.42. The van der Waals surface area contributed by atoms with E-state index in [0.717, 1.165) is 37.6 Å². The molecule has 0 atom stereocenters. The van der Waals surface area contributed by atoms with E-state index in [9.17, 15) is 4.79 Å². The molecule has 1 aliphatic heterocycles. The zero-order valence-corrected chi connectivity index (χ0v) is 13.5. The van der Waals surface area contributed by atoms with Crippen LogP contribution in [0.15, 0.2) is 46.9 Å². The van der Waals surface area contributed by atoms with Crippen molar-refractivity contribution >= 4 is 32.8 Å². The van der Waals surface area contributed by atoms with Crippen LogP contribution in [0.1, 0.15) is 21.6 Å². The SMILES string of the molecule is Cc1ccc2nc3c(c(-c4ccc(Br)cc4)c2c1)COC3=O. The minimum Gasteiger partial charge on any atom is -0.456 e. The molecule has 1 aliphatic rings. The van der Waals surface area contributed by atoms with Gasteiger partial charge in [0, 0.05) is 21.0 Å². The Balaban J connectivity index is 2.12. The summed E-state index contributed by atoms with van der Waals surface area (Å²) in [6, 6.07) is 14.2. The lowest BCUT2D eigenvalue weighted by molar-refractivity contribution is 0.0531. The van der Waals surface area contributed by atoms with Crippen molar-refractivity contribution in [2.24, 2.45) is 0 Å². The van der Waals surface area contributed by atoms with E-state index >= 15 is 0 Å². The molecular weight excluding hydrogens is 342 g/mol. The van der Waals surface area contributed by atoms with E-state index < -0.39 is 0 Å². The fourth-order valence-corrected chi connectivity index (χ4v) is 3.14. The van der Waals surface area contributed by atoms with Crippen LogP contribution in [0.2, 0.25) is 0 Å². The van der Waals surface area contributed by atoms with Crippen molar-refractivity contribution in [3.05, 3.63) is 63.8 Å². The quantitative estimate of drug-likeness (QED) is 0.598. The van der Waals surface area contributed by atoms with E-state index in [1.165, 1.54) is 0 Å². The third-order valence-corrected chi connectivity index (χ3v) is 4.44. The molecule has 4 heteroatoms.